The molecule has 0 fully saturated rings. The van der Waals surface area contributed by atoms with Crippen LogP contribution in [0.5, 0.6) is 0 Å². The van der Waals surface area contributed by atoms with Crippen LogP contribution in [0.25, 0.3) is 20.2 Å². The molecular formula is C11H9ClN2OS2. The highest BCUT2D eigenvalue weighted by Crippen LogP contribution is 2.35. The molecule has 0 saturated carbocycles. The highest BCUT2D eigenvalue weighted by Gasteiger charge is 2.12. The van der Waals surface area contributed by atoms with Crippen LogP contribution in [0.15, 0.2) is 21.9 Å². The van der Waals surface area contributed by atoms with Crippen LogP contribution in [0.1, 0.15) is 12.3 Å². The van der Waals surface area contributed by atoms with E-state index < -0.39 is 0 Å². The van der Waals surface area contributed by atoms with Gasteiger partial charge in [-0.3, -0.25) is 0 Å². The standard InChI is InChI=1S/C11H9ClN2OS2/c12-4-1-2-10-13-14-11(15-10)9-6-8-7(17-9)3-5-16-8/h3,5-6H,1-2,4H2. The molecule has 3 nitrogen and oxygen atoms in total. The van der Waals surface area contributed by atoms with Gasteiger partial charge in [0.25, 0.3) is 5.89 Å². The van der Waals surface area contributed by atoms with E-state index in [2.05, 4.69) is 27.7 Å². The maximum Gasteiger partial charge on any atom is 0.257 e. The van der Waals surface area contributed by atoms with E-state index in [9.17, 15) is 0 Å². The maximum absolute atomic E-state index is 5.63. The van der Waals surface area contributed by atoms with Gasteiger partial charge in [0.1, 0.15) is 0 Å². The average molecular weight is 285 g/mol. The fraction of sp³-hybridized carbons (Fsp3) is 0.273. The second-order valence-electron chi connectivity index (χ2n) is 3.55. The third kappa shape index (κ3) is 2.22. The zero-order valence-corrected chi connectivity index (χ0v) is 11.2. The molecule has 0 saturated heterocycles. The molecule has 0 bridgehead atoms. The Bertz CT molecular complexity index is 600. The Balaban J connectivity index is 1.88. The normalized spacial score (nSPS) is 11.4. The number of nitrogens with zero attached hydrogens (tertiary/aromatic N) is 2. The van der Waals surface area contributed by atoms with Crippen molar-refractivity contribution >= 4 is 43.7 Å². The van der Waals surface area contributed by atoms with Gasteiger partial charge in [-0.25, -0.2) is 0 Å². The van der Waals surface area contributed by atoms with Gasteiger partial charge in [0.05, 0.1) is 4.88 Å². The van der Waals surface area contributed by atoms with Crippen molar-refractivity contribution < 1.29 is 4.42 Å². The molecule has 0 aromatic carbocycles. The highest BCUT2D eigenvalue weighted by atomic mass is 35.5. The van der Waals surface area contributed by atoms with Crippen LogP contribution in [-0.4, -0.2) is 16.1 Å². The van der Waals surface area contributed by atoms with Crippen molar-refractivity contribution in [3.05, 3.63) is 23.4 Å². The Morgan fingerprint density at radius 1 is 1.29 bits per heavy atom. The van der Waals surface area contributed by atoms with Crippen LogP contribution >= 0.6 is 34.3 Å². The van der Waals surface area contributed by atoms with E-state index in [0.29, 0.717) is 17.7 Å². The molecule has 3 rings (SSSR count). The van der Waals surface area contributed by atoms with Gasteiger partial charge in [-0.05, 0) is 23.9 Å². The van der Waals surface area contributed by atoms with Crippen molar-refractivity contribution in [1.82, 2.24) is 10.2 Å². The largest absolute Gasteiger partial charge is 0.420 e. The quantitative estimate of drug-likeness (QED) is 0.675. The van der Waals surface area contributed by atoms with Crippen molar-refractivity contribution in [3.8, 4) is 10.8 Å². The summed E-state index contributed by atoms with van der Waals surface area (Å²) in [6.45, 7) is 0. The monoisotopic (exact) mass is 284 g/mol. The number of aryl methyl sites for hydroxylation is 1. The van der Waals surface area contributed by atoms with E-state index in [1.807, 2.05) is 0 Å². The van der Waals surface area contributed by atoms with E-state index in [1.165, 1.54) is 9.40 Å². The van der Waals surface area contributed by atoms with Crippen molar-refractivity contribution in [2.45, 2.75) is 12.8 Å². The van der Waals surface area contributed by atoms with E-state index >= 15 is 0 Å². The van der Waals surface area contributed by atoms with Crippen molar-refractivity contribution in [3.63, 3.8) is 0 Å². The van der Waals surface area contributed by atoms with Gasteiger partial charge in [-0.15, -0.1) is 44.5 Å². The third-order valence-electron chi connectivity index (χ3n) is 2.34. The molecule has 0 amide bonds. The molecular weight excluding hydrogens is 276 g/mol. The molecule has 0 radical (unpaired) electrons. The number of alkyl halides is 1. The van der Waals surface area contributed by atoms with Gasteiger partial charge in [0, 0.05) is 21.7 Å². The first-order chi connectivity index (χ1) is 8.36. The predicted octanol–water partition coefficient (Wildman–Crippen LogP) is 4.18. The molecule has 0 aliphatic rings. The Labute approximate surface area is 111 Å². The minimum absolute atomic E-state index is 0.614. The zero-order chi connectivity index (χ0) is 11.7. The molecule has 0 unspecified atom stereocenters. The summed E-state index contributed by atoms with van der Waals surface area (Å²) in [6, 6.07) is 4.21. The van der Waals surface area contributed by atoms with Gasteiger partial charge in [-0.1, -0.05) is 0 Å². The lowest BCUT2D eigenvalue weighted by Gasteiger charge is -1.89. The van der Waals surface area contributed by atoms with Crippen molar-refractivity contribution in [1.29, 1.82) is 0 Å². The SMILES string of the molecule is ClCCCc1nnc(-c2cc3sccc3s2)o1. The minimum atomic E-state index is 0.614. The molecule has 0 N–H and O–H groups in total. The van der Waals surface area contributed by atoms with Crippen molar-refractivity contribution in [2.24, 2.45) is 0 Å². The van der Waals surface area contributed by atoms with Gasteiger partial charge in [-0.2, -0.15) is 0 Å². The third-order valence-corrected chi connectivity index (χ3v) is 4.69. The van der Waals surface area contributed by atoms with Gasteiger partial charge >= 0.3 is 0 Å². The van der Waals surface area contributed by atoms with Crippen LogP contribution in [0, 0.1) is 0 Å². The van der Waals surface area contributed by atoms with E-state index in [4.69, 9.17) is 16.0 Å². The predicted molar refractivity (Wildman–Crippen MR) is 72.0 cm³/mol. The molecule has 17 heavy (non-hydrogen) atoms. The first-order valence-corrected chi connectivity index (χ1v) is 7.45. The van der Waals surface area contributed by atoms with Crippen LogP contribution in [0.3, 0.4) is 0 Å². The average Bonchev–Trinajstić information content (AvgIpc) is 3.00. The molecule has 6 heteroatoms. The Kier molecular flexibility index (Phi) is 3.13. The number of fused-ring (bicyclic) bond motifs is 1. The summed E-state index contributed by atoms with van der Waals surface area (Å²) >= 11 is 9.04. The molecule has 88 valence electrons. The first-order valence-electron chi connectivity index (χ1n) is 5.22. The first kappa shape index (κ1) is 11.2. The van der Waals surface area contributed by atoms with Gasteiger partial charge in [0.2, 0.25) is 5.89 Å². The lowest BCUT2D eigenvalue weighted by molar-refractivity contribution is 0.503. The summed E-state index contributed by atoms with van der Waals surface area (Å²) in [5.74, 6) is 1.90. The highest BCUT2D eigenvalue weighted by molar-refractivity contribution is 7.28. The fourth-order valence-electron chi connectivity index (χ4n) is 1.54. The second kappa shape index (κ2) is 4.76. The maximum atomic E-state index is 5.63. The Hall–Kier alpha value is -0.910. The van der Waals surface area contributed by atoms with Gasteiger partial charge in [0.15, 0.2) is 0 Å². The second-order valence-corrected chi connectivity index (χ2v) is 5.96. The molecule has 3 heterocycles. The van der Waals surface area contributed by atoms with E-state index in [1.54, 1.807) is 22.7 Å². The van der Waals surface area contributed by atoms with Crippen molar-refractivity contribution in [2.75, 3.05) is 5.88 Å². The summed E-state index contributed by atoms with van der Waals surface area (Å²) in [4.78, 5) is 1.04. The number of aromatic nitrogens is 2. The summed E-state index contributed by atoms with van der Waals surface area (Å²) in [5.41, 5.74) is 0. The summed E-state index contributed by atoms with van der Waals surface area (Å²) in [7, 11) is 0. The summed E-state index contributed by atoms with van der Waals surface area (Å²) in [5, 5.41) is 10.2. The minimum Gasteiger partial charge on any atom is -0.420 e. The topological polar surface area (TPSA) is 38.9 Å². The lowest BCUT2D eigenvalue weighted by Crippen LogP contribution is -1.85. The number of hydrogen-bond acceptors (Lipinski definition) is 5. The molecule has 3 aromatic rings. The molecule has 0 aliphatic heterocycles. The smallest absolute Gasteiger partial charge is 0.257 e. The molecule has 0 aliphatic carbocycles. The van der Waals surface area contributed by atoms with Crippen LogP contribution < -0.4 is 0 Å². The van der Waals surface area contributed by atoms with E-state index in [0.717, 1.165) is 17.7 Å². The molecule has 0 spiro atoms. The Morgan fingerprint density at radius 2 is 2.24 bits per heavy atom. The number of rotatable bonds is 4. The number of thiophene rings is 2. The van der Waals surface area contributed by atoms with E-state index in [-0.39, 0.29) is 0 Å². The summed E-state index contributed by atoms with van der Waals surface area (Å²) < 4.78 is 8.14. The summed E-state index contributed by atoms with van der Waals surface area (Å²) in [6.07, 6.45) is 1.61. The molecule has 0 atom stereocenters. The van der Waals surface area contributed by atoms with Crippen LogP contribution in [0.4, 0.5) is 0 Å². The zero-order valence-electron chi connectivity index (χ0n) is 8.85. The van der Waals surface area contributed by atoms with Crippen LogP contribution in [0.2, 0.25) is 0 Å². The fourth-order valence-corrected chi connectivity index (χ4v) is 3.71. The lowest BCUT2D eigenvalue weighted by atomic mass is 10.3. The van der Waals surface area contributed by atoms with Crippen LogP contribution in [-0.2, 0) is 6.42 Å². The number of halogens is 1. The van der Waals surface area contributed by atoms with Gasteiger partial charge < -0.3 is 4.42 Å². The number of hydrogen-bond donors (Lipinski definition) is 0. The Morgan fingerprint density at radius 3 is 3.06 bits per heavy atom. The molecule has 3 aromatic heterocycles.